The smallest absolute Gasteiger partial charge is 0.191 e. The fourth-order valence-electron chi connectivity index (χ4n) is 2.74. The number of methoxy groups -OCH3 is 2. The monoisotopic (exact) mass is 370 g/mol. The number of ether oxygens (including phenoxy) is 2. The van der Waals surface area contributed by atoms with Crippen molar-refractivity contribution in [1.82, 2.24) is 10.6 Å². The number of anilines is 1. The molecular formula is C21H30N4O2. The van der Waals surface area contributed by atoms with E-state index in [1.165, 1.54) is 11.3 Å². The van der Waals surface area contributed by atoms with Gasteiger partial charge in [-0.05, 0) is 36.2 Å². The Kier molecular flexibility index (Phi) is 8.29. The largest absolute Gasteiger partial charge is 0.493 e. The van der Waals surface area contributed by atoms with Gasteiger partial charge in [-0.1, -0.05) is 24.3 Å². The molecule has 27 heavy (non-hydrogen) atoms. The lowest BCUT2D eigenvalue weighted by Gasteiger charge is -2.20. The lowest BCUT2D eigenvalue weighted by Crippen LogP contribution is -2.41. The fraction of sp³-hybridized carbons (Fsp3) is 0.381. The van der Waals surface area contributed by atoms with E-state index in [9.17, 15) is 0 Å². The average Bonchev–Trinajstić information content (AvgIpc) is 2.72. The van der Waals surface area contributed by atoms with Crippen LogP contribution in [0.3, 0.4) is 0 Å². The molecule has 0 saturated carbocycles. The van der Waals surface area contributed by atoms with E-state index in [2.05, 4.69) is 39.7 Å². The Hall–Kier alpha value is -2.89. The summed E-state index contributed by atoms with van der Waals surface area (Å²) in [6.07, 6.45) is 0.866. The lowest BCUT2D eigenvalue weighted by atomic mass is 10.1. The number of aliphatic imine (C=N–C) groups is 1. The zero-order valence-electron chi connectivity index (χ0n) is 16.7. The Labute approximate surface area is 162 Å². The maximum Gasteiger partial charge on any atom is 0.191 e. The van der Waals surface area contributed by atoms with E-state index in [0.29, 0.717) is 0 Å². The lowest BCUT2D eigenvalue weighted by molar-refractivity contribution is 0.354. The SMILES string of the molecule is CN=C(NCCc1ccc(OC)c(OC)c1)NCCN(C)c1ccccc1. The van der Waals surface area contributed by atoms with Crippen molar-refractivity contribution >= 4 is 11.6 Å². The molecule has 0 radical (unpaired) electrons. The summed E-state index contributed by atoms with van der Waals surface area (Å²) < 4.78 is 10.6. The van der Waals surface area contributed by atoms with Crippen LogP contribution in [0.2, 0.25) is 0 Å². The predicted octanol–water partition coefficient (Wildman–Crippen LogP) is 2.55. The normalized spacial score (nSPS) is 11.0. The van der Waals surface area contributed by atoms with Crippen molar-refractivity contribution in [3.63, 3.8) is 0 Å². The van der Waals surface area contributed by atoms with Gasteiger partial charge >= 0.3 is 0 Å². The first-order valence-electron chi connectivity index (χ1n) is 9.09. The summed E-state index contributed by atoms with van der Waals surface area (Å²) in [5.74, 6) is 2.30. The van der Waals surface area contributed by atoms with Gasteiger partial charge in [0.05, 0.1) is 14.2 Å². The molecule has 0 spiro atoms. The van der Waals surface area contributed by atoms with Crippen LogP contribution < -0.4 is 25.0 Å². The van der Waals surface area contributed by atoms with Crippen molar-refractivity contribution < 1.29 is 9.47 Å². The van der Waals surface area contributed by atoms with Gasteiger partial charge in [-0.2, -0.15) is 0 Å². The summed E-state index contributed by atoms with van der Waals surface area (Å²) >= 11 is 0. The number of benzene rings is 2. The summed E-state index contributed by atoms with van der Waals surface area (Å²) in [5.41, 5.74) is 2.38. The van der Waals surface area contributed by atoms with E-state index in [4.69, 9.17) is 9.47 Å². The van der Waals surface area contributed by atoms with E-state index >= 15 is 0 Å². The number of nitrogens with zero attached hydrogens (tertiary/aromatic N) is 2. The summed E-state index contributed by atoms with van der Waals surface area (Å²) in [5, 5.41) is 6.70. The average molecular weight is 370 g/mol. The molecule has 2 N–H and O–H groups in total. The highest BCUT2D eigenvalue weighted by Gasteiger charge is 2.05. The molecule has 146 valence electrons. The second-order valence-corrected chi connectivity index (χ2v) is 6.12. The van der Waals surface area contributed by atoms with Crippen LogP contribution in [0.5, 0.6) is 11.5 Å². The second-order valence-electron chi connectivity index (χ2n) is 6.12. The molecule has 0 aromatic heterocycles. The molecule has 6 nitrogen and oxygen atoms in total. The minimum absolute atomic E-state index is 0.745. The topological polar surface area (TPSA) is 58.1 Å². The Balaban J connectivity index is 1.74. The Morgan fingerprint density at radius 3 is 2.33 bits per heavy atom. The Morgan fingerprint density at radius 1 is 0.963 bits per heavy atom. The fourth-order valence-corrected chi connectivity index (χ4v) is 2.74. The number of nitrogens with one attached hydrogen (secondary N) is 2. The molecule has 0 aliphatic carbocycles. The van der Waals surface area contributed by atoms with Gasteiger partial charge in [-0.25, -0.2) is 0 Å². The Morgan fingerprint density at radius 2 is 1.67 bits per heavy atom. The molecule has 0 aliphatic heterocycles. The summed E-state index contributed by atoms with van der Waals surface area (Å²) in [6, 6.07) is 16.3. The number of likely N-dealkylation sites (N-methyl/N-ethyl adjacent to an activating group) is 1. The Bertz CT molecular complexity index is 719. The second kappa shape index (κ2) is 11.0. The van der Waals surface area contributed by atoms with Crippen molar-refractivity contribution in [2.45, 2.75) is 6.42 Å². The molecule has 0 aliphatic rings. The van der Waals surface area contributed by atoms with Gasteiger partial charge in [0.25, 0.3) is 0 Å². The molecule has 0 fully saturated rings. The highest BCUT2D eigenvalue weighted by molar-refractivity contribution is 5.79. The van der Waals surface area contributed by atoms with Gasteiger partial charge in [0.2, 0.25) is 0 Å². The van der Waals surface area contributed by atoms with Gasteiger partial charge < -0.3 is 25.0 Å². The predicted molar refractivity (Wildman–Crippen MR) is 112 cm³/mol. The molecule has 0 amide bonds. The third kappa shape index (κ3) is 6.40. The molecule has 0 saturated heterocycles. The molecular weight excluding hydrogens is 340 g/mol. The maximum atomic E-state index is 5.35. The van der Waals surface area contributed by atoms with Crippen molar-refractivity contribution in [2.75, 3.05) is 52.8 Å². The molecule has 0 atom stereocenters. The van der Waals surface area contributed by atoms with Crippen molar-refractivity contribution in [3.05, 3.63) is 54.1 Å². The minimum Gasteiger partial charge on any atom is -0.493 e. The van der Waals surface area contributed by atoms with Crippen molar-refractivity contribution in [2.24, 2.45) is 4.99 Å². The first-order valence-corrected chi connectivity index (χ1v) is 9.09. The third-order valence-electron chi connectivity index (χ3n) is 4.31. The van der Waals surface area contributed by atoms with Crippen LogP contribution in [0.4, 0.5) is 5.69 Å². The summed E-state index contributed by atoms with van der Waals surface area (Å²) in [7, 11) is 7.17. The number of rotatable bonds is 9. The first-order chi connectivity index (χ1) is 13.2. The van der Waals surface area contributed by atoms with Crippen LogP contribution in [0.1, 0.15) is 5.56 Å². The van der Waals surface area contributed by atoms with Crippen LogP contribution in [-0.2, 0) is 6.42 Å². The summed E-state index contributed by atoms with van der Waals surface area (Å²) in [6.45, 7) is 2.48. The van der Waals surface area contributed by atoms with E-state index in [1.54, 1.807) is 21.3 Å². The highest BCUT2D eigenvalue weighted by atomic mass is 16.5. The maximum absolute atomic E-state index is 5.35. The van der Waals surface area contributed by atoms with E-state index in [1.807, 2.05) is 36.4 Å². The first kappa shape index (κ1) is 20.4. The van der Waals surface area contributed by atoms with Gasteiger partial charge in [0.1, 0.15) is 0 Å². The van der Waals surface area contributed by atoms with Crippen LogP contribution in [-0.4, -0.2) is 53.9 Å². The van der Waals surface area contributed by atoms with Crippen LogP contribution in [0, 0.1) is 0 Å². The summed E-state index contributed by atoms with van der Waals surface area (Å²) in [4.78, 5) is 6.49. The van der Waals surface area contributed by atoms with E-state index < -0.39 is 0 Å². The van der Waals surface area contributed by atoms with E-state index in [0.717, 1.165) is 43.5 Å². The number of hydrogen-bond acceptors (Lipinski definition) is 4. The van der Waals surface area contributed by atoms with Crippen molar-refractivity contribution in [1.29, 1.82) is 0 Å². The van der Waals surface area contributed by atoms with Crippen LogP contribution in [0.25, 0.3) is 0 Å². The zero-order valence-corrected chi connectivity index (χ0v) is 16.7. The van der Waals surface area contributed by atoms with E-state index in [-0.39, 0.29) is 0 Å². The number of para-hydroxylation sites is 1. The van der Waals surface area contributed by atoms with Crippen LogP contribution >= 0.6 is 0 Å². The molecule has 0 unspecified atom stereocenters. The van der Waals surface area contributed by atoms with Gasteiger partial charge in [-0.3, -0.25) is 4.99 Å². The molecule has 2 aromatic rings. The number of hydrogen-bond donors (Lipinski definition) is 2. The number of guanidine groups is 1. The van der Waals surface area contributed by atoms with Gasteiger partial charge in [0, 0.05) is 39.4 Å². The standard InChI is InChI=1S/C21H30N4O2/c1-22-21(24-14-15-25(2)18-8-6-5-7-9-18)23-13-12-17-10-11-19(26-3)20(16-17)27-4/h5-11,16H,12-15H2,1-4H3,(H2,22,23,24). The highest BCUT2D eigenvalue weighted by Crippen LogP contribution is 2.27. The zero-order chi connectivity index (χ0) is 19.5. The van der Waals surface area contributed by atoms with Gasteiger partial charge in [0.15, 0.2) is 17.5 Å². The molecule has 0 bridgehead atoms. The molecule has 6 heteroatoms. The van der Waals surface area contributed by atoms with Gasteiger partial charge in [-0.15, -0.1) is 0 Å². The van der Waals surface area contributed by atoms with Crippen LogP contribution in [0.15, 0.2) is 53.5 Å². The molecule has 0 heterocycles. The minimum atomic E-state index is 0.745. The molecule has 2 aromatic carbocycles. The molecule has 2 rings (SSSR count). The quantitative estimate of drug-likeness (QED) is 0.525. The van der Waals surface area contributed by atoms with Crippen molar-refractivity contribution in [3.8, 4) is 11.5 Å². The third-order valence-corrected chi connectivity index (χ3v) is 4.31.